The van der Waals surface area contributed by atoms with Crippen LogP contribution in [0.5, 0.6) is 0 Å². The Morgan fingerprint density at radius 3 is 2.72 bits per heavy atom. The third-order valence-electron chi connectivity index (χ3n) is 2.96. The van der Waals surface area contributed by atoms with E-state index >= 15 is 0 Å². The predicted octanol–water partition coefficient (Wildman–Crippen LogP) is 4.02. The molecular formula is C13H16Cl2N2O. The lowest BCUT2D eigenvalue weighted by Gasteiger charge is -2.14. The van der Waals surface area contributed by atoms with Crippen molar-refractivity contribution in [3.63, 3.8) is 0 Å². The van der Waals surface area contributed by atoms with Crippen molar-refractivity contribution in [2.24, 2.45) is 0 Å². The first-order valence-electron chi connectivity index (χ1n) is 5.86. The number of hydrogen-bond acceptors (Lipinski definition) is 2. The molecule has 0 radical (unpaired) electrons. The van der Waals surface area contributed by atoms with Gasteiger partial charge >= 0.3 is 0 Å². The smallest absolute Gasteiger partial charge is 0.127 e. The van der Waals surface area contributed by atoms with Crippen LogP contribution in [0.2, 0.25) is 5.02 Å². The third-order valence-corrected chi connectivity index (χ3v) is 3.46. The molecule has 5 heteroatoms. The predicted molar refractivity (Wildman–Crippen MR) is 75.5 cm³/mol. The number of benzene rings is 1. The van der Waals surface area contributed by atoms with Crippen molar-refractivity contribution in [1.82, 2.24) is 9.55 Å². The zero-order valence-corrected chi connectivity index (χ0v) is 12.2. The van der Waals surface area contributed by atoms with Crippen LogP contribution in [0.3, 0.4) is 0 Å². The van der Waals surface area contributed by atoms with E-state index in [0.717, 1.165) is 16.9 Å². The number of methoxy groups -OCH3 is 1. The summed E-state index contributed by atoms with van der Waals surface area (Å²) < 4.78 is 7.39. The summed E-state index contributed by atoms with van der Waals surface area (Å²) in [6, 6.07) is 5.76. The van der Waals surface area contributed by atoms with Crippen LogP contribution >= 0.6 is 23.2 Å². The molecule has 0 spiro atoms. The van der Waals surface area contributed by atoms with Crippen LogP contribution in [-0.4, -0.2) is 22.8 Å². The highest BCUT2D eigenvalue weighted by molar-refractivity contribution is 6.35. The van der Waals surface area contributed by atoms with E-state index < -0.39 is 0 Å². The maximum atomic E-state index is 6.19. The fourth-order valence-corrected chi connectivity index (χ4v) is 2.34. The highest BCUT2D eigenvalue weighted by atomic mass is 35.5. The van der Waals surface area contributed by atoms with Gasteiger partial charge in [0, 0.05) is 7.11 Å². The molecule has 3 nitrogen and oxygen atoms in total. The molecule has 1 aromatic carbocycles. The van der Waals surface area contributed by atoms with Crippen LogP contribution in [0.25, 0.3) is 11.0 Å². The van der Waals surface area contributed by atoms with Gasteiger partial charge in [-0.05, 0) is 26.0 Å². The molecule has 0 fully saturated rings. The Kier molecular flexibility index (Phi) is 4.15. The van der Waals surface area contributed by atoms with Gasteiger partial charge in [-0.25, -0.2) is 4.98 Å². The van der Waals surface area contributed by atoms with E-state index in [4.69, 9.17) is 27.9 Å². The normalized spacial score (nSPS) is 14.9. The SMILES string of the molecule is COC(C)Cn1c(C(C)Cl)nc2c(Cl)cccc21. The van der Waals surface area contributed by atoms with Crippen molar-refractivity contribution in [1.29, 1.82) is 0 Å². The Bertz CT molecular complexity index is 551. The monoisotopic (exact) mass is 286 g/mol. The van der Waals surface area contributed by atoms with Crippen LogP contribution in [0.1, 0.15) is 25.0 Å². The van der Waals surface area contributed by atoms with E-state index in [0.29, 0.717) is 11.6 Å². The molecule has 0 aliphatic heterocycles. The Morgan fingerprint density at radius 2 is 2.11 bits per heavy atom. The number of ether oxygens (including phenoxy) is 1. The molecule has 1 heterocycles. The van der Waals surface area contributed by atoms with Crippen molar-refractivity contribution < 1.29 is 4.74 Å². The van der Waals surface area contributed by atoms with Gasteiger partial charge in [0.1, 0.15) is 11.3 Å². The molecule has 0 bridgehead atoms. The molecule has 2 rings (SSSR count). The largest absolute Gasteiger partial charge is 0.380 e. The van der Waals surface area contributed by atoms with Crippen LogP contribution in [0, 0.1) is 0 Å². The summed E-state index contributed by atoms with van der Waals surface area (Å²) in [5.41, 5.74) is 1.79. The second-order valence-electron chi connectivity index (χ2n) is 4.35. The molecule has 0 aliphatic rings. The van der Waals surface area contributed by atoms with E-state index in [1.165, 1.54) is 0 Å². The summed E-state index contributed by atoms with van der Waals surface area (Å²) in [5.74, 6) is 0.823. The fraction of sp³-hybridized carbons (Fsp3) is 0.462. The summed E-state index contributed by atoms with van der Waals surface area (Å²) in [7, 11) is 1.70. The minimum absolute atomic E-state index is 0.0931. The molecule has 1 aromatic heterocycles. The highest BCUT2D eigenvalue weighted by Gasteiger charge is 2.17. The quantitative estimate of drug-likeness (QED) is 0.794. The Morgan fingerprint density at radius 1 is 1.39 bits per heavy atom. The third kappa shape index (κ3) is 2.48. The molecule has 0 saturated heterocycles. The van der Waals surface area contributed by atoms with Gasteiger partial charge in [0.15, 0.2) is 0 Å². The molecule has 18 heavy (non-hydrogen) atoms. The van der Waals surface area contributed by atoms with Crippen molar-refractivity contribution in [2.75, 3.05) is 7.11 Å². The van der Waals surface area contributed by atoms with Crippen LogP contribution in [0.4, 0.5) is 0 Å². The molecule has 0 amide bonds. The second kappa shape index (κ2) is 5.47. The van der Waals surface area contributed by atoms with Gasteiger partial charge in [-0.2, -0.15) is 0 Å². The first-order chi connectivity index (χ1) is 8.54. The minimum atomic E-state index is -0.169. The van der Waals surface area contributed by atoms with Gasteiger partial charge in [-0.3, -0.25) is 0 Å². The standard InChI is InChI=1S/C13H16Cl2N2O/c1-8(18-3)7-17-11-6-4-5-10(15)12(11)16-13(17)9(2)14/h4-6,8-9H,7H2,1-3H3. The number of alkyl halides is 1. The maximum Gasteiger partial charge on any atom is 0.127 e. The number of hydrogen-bond donors (Lipinski definition) is 0. The molecule has 98 valence electrons. The summed E-state index contributed by atoms with van der Waals surface area (Å²) >= 11 is 12.4. The van der Waals surface area contributed by atoms with Crippen LogP contribution in [0.15, 0.2) is 18.2 Å². The number of aromatic nitrogens is 2. The highest BCUT2D eigenvalue weighted by Crippen LogP contribution is 2.29. The topological polar surface area (TPSA) is 27.1 Å². The number of para-hydroxylation sites is 1. The summed E-state index contributed by atoms with van der Waals surface area (Å²) in [6.07, 6.45) is 0.0931. The lowest BCUT2D eigenvalue weighted by atomic mass is 10.3. The Balaban J connectivity index is 2.59. The van der Waals surface area contributed by atoms with Gasteiger partial charge < -0.3 is 9.30 Å². The lowest BCUT2D eigenvalue weighted by Crippen LogP contribution is -2.16. The second-order valence-corrected chi connectivity index (χ2v) is 5.41. The van der Waals surface area contributed by atoms with Gasteiger partial charge in [0.25, 0.3) is 0 Å². The zero-order valence-electron chi connectivity index (χ0n) is 10.7. The molecule has 0 aliphatic carbocycles. The Labute approximate surface area is 117 Å². The number of halogens is 2. The molecular weight excluding hydrogens is 271 g/mol. The molecule has 0 saturated carbocycles. The van der Waals surface area contributed by atoms with Crippen molar-refractivity contribution in [3.8, 4) is 0 Å². The van der Waals surface area contributed by atoms with E-state index in [-0.39, 0.29) is 11.5 Å². The van der Waals surface area contributed by atoms with Gasteiger partial charge in [-0.15, -0.1) is 11.6 Å². The van der Waals surface area contributed by atoms with E-state index in [1.54, 1.807) is 7.11 Å². The molecule has 2 atom stereocenters. The van der Waals surface area contributed by atoms with Crippen LogP contribution < -0.4 is 0 Å². The van der Waals surface area contributed by atoms with Gasteiger partial charge in [0.2, 0.25) is 0 Å². The summed E-state index contributed by atoms with van der Waals surface area (Å²) in [6.45, 7) is 4.63. The van der Waals surface area contributed by atoms with Crippen molar-refractivity contribution >= 4 is 34.2 Å². The summed E-state index contributed by atoms with van der Waals surface area (Å²) in [5, 5.41) is 0.479. The van der Waals surface area contributed by atoms with Crippen molar-refractivity contribution in [3.05, 3.63) is 29.0 Å². The lowest BCUT2D eigenvalue weighted by molar-refractivity contribution is 0.103. The number of imidazole rings is 1. The molecule has 2 unspecified atom stereocenters. The number of nitrogens with zero attached hydrogens (tertiary/aromatic N) is 2. The van der Waals surface area contributed by atoms with Crippen LogP contribution in [-0.2, 0) is 11.3 Å². The zero-order chi connectivity index (χ0) is 13.3. The van der Waals surface area contributed by atoms with Gasteiger partial charge in [0.05, 0.1) is 28.6 Å². The van der Waals surface area contributed by atoms with Gasteiger partial charge in [-0.1, -0.05) is 17.7 Å². The number of fused-ring (bicyclic) bond motifs is 1. The number of rotatable bonds is 4. The van der Waals surface area contributed by atoms with E-state index in [1.807, 2.05) is 32.0 Å². The van der Waals surface area contributed by atoms with E-state index in [9.17, 15) is 0 Å². The molecule has 0 N–H and O–H groups in total. The van der Waals surface area contributed by atoms with Crippen molar-refractivity contribution in [2.45, 2.75) is 31.9 Å². The first-order valence-corrected chi connectivity index (χ1v) is 6.67. The average Bonchev–Trinajstić information content (AvgIpc) is 2.70. The summed E-state index contributed by atoms with van der Waals surface area (Å²) in [4.78, 5) is 4.54. The van der Waals surface area contributed by atoms with E-state index in [2.05, 4.69) is 9.55 Å². The molecule has 2 aromatic rings. The fourth-order valence-electron chi connectivity index (χ4n) is 1.96. The average molecular weight is 287 g/mol. The maximum absolute atomic E-state index is 6.19. The Hall–Kier alpha value is -0.770. The minimum Gasteiger partial charge on any atom is -0.380 e. The first kappa shape index (κ1) is 13.7.